The predicted molar refractivity (Wildman–Crippen MR) is 197 cm³/mol. The summed E-state index contributed by atoms with van der Waals surface area (Å²) in [6, 6.07) is 38.5. The van der Waals surface area contributed by atoms with Gasteiger partial charge in [0.25, 0.3) is 0 Å². The number of aromatic nitrogens is 4. The second kappa shape index (κ2) is 10.7. The second-order valence-corrected chi connectivity index (χ2v) is 12.7. The molecule has 0 saturated heterocycles. The van der Waals surface area contributed by atoms with E-state index in [0.29, 0.717) is 17.6 Å². The zero-order valence-electron chi connectivity index (χ0n) is 26.3. The van der Waals surface area contributed by atoms with Crippen molar-refractivity contribution in [2.45, 2.75) is 25.3 Å². The maximum absolute atomic E-state index is 5.30. The Morgan fingerprint density at radius 3 is 2.15 bits per heavy atom. The van der Waals surface area contributed by atoms with Crippen LogP contribution in [0.5, 0.6) is 0 Å². The van der Waals surface area contributed by atoms with Gasteiger partial charge in [-0.05, 0) is 54.0 Å². The lowest BCUT2D eigenvalue weighted by molar-refractivity contribution is 0.621. The fourth-order valence-corrected chi connectivity index (χ4v) is 7.84. The van der Waals surface area contributed by atoms with Gasteiger partial charge in [-0.15, -0.1) is 0 Å². The Hall–Kier alpha value is -6.07. The Kier molecular flexibility index (Phi) is 6.06. The molecule has 48 heavy (non-hydrogen) atoms. The Labute approximate surface area is 278 Å². The largest absolute Gasteiger partial charge is 0.332 e. The highest BCUT2D eigenvalue weighted by Gasteiger charge is 2.34. The molecule has 0 fully saturated rings. The van der Waals surface area contributed by atoms with E-state index in [2.05, 4.69) is 119 Å². The molecule has 1 aliphatic heterocycles. The van der Waals surface area contributed by atoms with Crippen LogP contribution in [0, 0.1) is 0 Å². The van der Waals surface area contributed by atoms with Crippen molar-refractivity contribution < 1.29 is 0 Å². The minimum atomic E-state index is 0.196. The number of fused-ring (bicyclic) bond motifs is 6. The molecule has 7 aromatic rings. The van der Waals surface area contributed by atoms with E-state index in [1.54, 1.807) is 0 Å². The molecule has 1 unspecified atom stereocenters. The molecular weight excluding hydrogens is 587 g/mol. The van der Waals surface area contributed by atoms with Crippen molar-refractivity contribution in [3.8, 4) is 33.9 Å². The molecule has 1 atom stereocenters. The number of aryl methyl sites for hydroxylation is 1. The number of hydrogen-bond acceptors (Lipinski definition) is 4. The highest BCUT2D eigenvalue weighted by Crippen LogP contribution is 2.55. The number of para-hydroxylation sites is 1. The molecule has 228 valence electrons. The summed E-state index contributed by atoms with van der Waals surface area (Å²) >= 11 is 0. The van der Waals surface area contributed by atoms with Crippen molar-refractivity contribution in [2.75, 3.05) is 4.90 Å². The van der Waals surface area contributed by atoms with Crippen molar-refractivity contribution in [2.24, 2.45) is 0 Å². The monoisotopic (exact) mass is 617 g/mol. The van der Waals surface area contributed by atoms with Crippen molar-refractivity contribution in [3.05, 3.63) is 151 Å². The highest BCUT2D eigenvalue weighted by molar-refractivity contribution is 6.22. The van der Waals surface area contributed by atoms with Gasteiger partial charge in [-0.3, -0.25) is 4.90 Å². The zero-order chi connectivity index (χ0) is 31.6. The van der Waals surface area contributed by atoms with Gasteiger partial charge < -0.3 is 4.57 Å². The molecular formula is C43H31N5. The summed E-state index contributed by atoms with van der Waals surface area (Å²) in [6.07, 6.45) is 16.6. The molecule has 0 spiro atoms. The van der Waals surface area contributed by atoms with Gasteiger partial charge >= 0.3 is 0 Å². The molecule has 2 aliphatic carbocycles. The summed E-state index contributed by atoms with van der Waals surface area (Å²) in [4.78, 5) is 18.0. The van der Waals surface area contributed by atoms with Crippen molar-refractivity contribution in [1.29, 1.82) is 0 Å². The third-order valence-corrected chi connectivity index (χ3v) is 9.92. The zero-order valence-corrected chi connectivity index (χ0v) is 26.3. The van der Waals surface area contributed by atoms with E-state index < -0.39 is 0 Å². The first-order valence-corrected chi connectivity index (χ1v) is 16.7. The molecule has 3 heterocycles. The van der Waals surface area contributed by atoms with Gasteiger partial charge in [0.1, 0.15) is 0 Å². The summed E-state index contributed by atoms with van der Waals surface area (Å²) in [6.45, 7) is 0. The SMILES string of the molecule is C1=CCC(n2c3c(c4cc5cccc6c5c(c42)N(c2nc(-c4ccccc4)nc(-c4ccccc4)n2)c2ccccc2-6)CCC=C3)C=C1. The molecule has 5 nitrogen and oxygen atoms in total. The minimum Gasteiger partial charge on any atom is -0.332 e. The summed E-state index contributed by atoms with van der Waals surface area (Å²) in [5.74, 6) is 1.91. The van der Waals surface area contributed by atoms with E-state index in [1.165, 1.54) is 44.1 Å². The molecule has 5 heteroatoms. The van der Waals surface area contributed by atoms with E-state index in [9.17, 15) is 0 Å². The van der Waals surface area contributed by atoms with Crippen molar-refractivity contribution in [3.63, 3.8) is 0 Å². The van der Waals surface area contributed by atoms with Crippen LogP contribution >= 0.6 is 0 Å². The van der Waals surface area contributed by atoms with E-state index in [0.717, 1.165) is 41.8 Å². The van der Waals surface area contributed by atoms with Gasteiger partial charge in [0.15, 0.2) is 11.6 Å². The highest BCUT2D eigenvalue weighted by atomic mass is 15.3. The maximum atomic E-state index is 5.30. The topological polar surface area (TPSA) is 46.8 Å². The molecule has 10 rings (SSSR count). The third kappa shape index (κ3) is 4.07. The van der Waals surface area contributed by atoms with Gasteiger partial charge in [0.05, 0.1) is 22.9 Å². The third-order valence-electron chi connectivity index (χ3n) is 9.92. The van der Waals surface area contributed by atoms with E-state index in [1.807, 2.05) is 36.4 Å². The van der Waals surface area contributed by atoms with Crippen LogP contribution in [-0.2, 0) is 6.42 Å². The average molecular weight is 618 g/mol. The number of anilines is 3. The fourth-order valence-electron chi connectivity index (χ4n) is 7.84. The van der Waals surface area contributed by atoms with Gasteiger partial charge in [-0.1, -0.05) is 127 Å². The summed E-state index contributed by atoms with van der Waals surface area (Å²) in [5.41, 5.74) is 10.5. The molecule has 0 N–H and O–H groups in total. The van der Waals surface area contributed by atoms with Crippen molar-refractivity contribution >= 4 is 45.1 Å². The summed E-state index contributed by atoms with van der Waals surface area (Å²) in [7, 11) is 0. The molecule has 0 saturated carbocycles. The van der Waals surface area contributed by atoms with Crippen molar-refractivity contribution in [1.82, 2.24) is 19.5 Å². The quantitative estimate of drug-likeness (QED) is 0.197. The van der Waals surface area contributed by atoms with Crippen LogP contribution in [0.15, 0.2) is 140 Å². The lowest BCUT2D eigenvalue weighted by Crippen LogP contribution is -2.20. The first-order valence-electron chi connectivity index (χ1n) is 16.7. The van der Waals surface area contributed by atoms with Gasteiger partial charge in [0, 0.05) is 33.2 Å². The standard InChI is InChI=1S/C43H31N5/c1-4-15-28(16-5-1)41-44-42(29-17-6-2-7-18-29)46-43(45-41)48-37-26-13-10-22-32(37)34-24-14-19-30-27-35-33-23-11-12-25-36(33)47(31-20-8-3-9-21-31)39(35)40(48)38(30)34/h1-10,12-20,22,24-27,31H,11,21,23H2. The van der Waals surface area contributed by atoms with E-state index in [-0.39, 0.29) is 6.04 Å². The van der Waals surface area contributed by atoms with Crippen LogP contribution in [0.3, 0.4) is 0 Å². The summed E-state index contributed by atoms with van der Waals surface area (Å²) in [5, 5.41) is 3.76. The minimum absolute atomic E-state index is 0.196. The van der Waals surface area contributed by atoms with Crippen LogP contribution in [0.25, 0.3) is 61.7 Å². The van der Waals surface area contributed by atoms with Gasteiger partial charge in [-0.25, -0.2) is 4.98 Å². The van der Waals surface area contributed by atoms with Crippen LogP contribution in [-0.4, -0.2) is 19.5 Å². The average Bonchev–Trinajstić information content (AvgIpc) is 3.50. The Bertz CT molecular complexity index is 2430. The van der Waals surface area contributed by atoms with Crippen LogP contribution in [0.4, 0.5) is 17.3 Å². The predicted octanol–water partition coefficient (Wildman–Crippen LogP) is 10.8. The lowest BCUT2D eigenvalue weighted by Gasteiger charge is -2.34. The van der Waals surface area contributed by atoms with Crippen LogP contribution in [0.1, 0.15) is 30.1 Å². The molecule has 0 amide bonds. The smallest absolute Gasteiger partial charge is 0.238 e. The molecule has 3 aliphatic rings. The molecule has 0 radical (unpaired) electrons. The first kappa shape index (κ1) is 27.1. The van der Waals surface area contributed by atoms with E-state index in [4.69, 9.17) is 15.0 Å². The molecule has 0 bridgehead atoms. The number of nitrogens with zero attached hydrogens (tertiary/aromatic N) is 5. The van der Waals surface area contributed by atoms with Gasteiger partial charge in [-0.2, -0.15) is 9.97 Å². The second-order valence-electron chi connectivity index (χ2n) is 12.7. The first-order chi connectivity index (χ1) is 23.8. The number of rotatable bonds is 4. The normalized spacial score (nSPS) is 16.0. The molecule has 2 aromatic heterocycles. The number of hydrogen-bond donors (Lipinski definition) is 0. The Morgan fingerprint density at radius 1 is 0.667 bits per heavy atom. The number of benzene rings is 5. The van der Waals surface area contributed by atoms with E-state index >= 15 is 0 Å². The summed E-state index contributed by atoms with van der Waals surface area (Å²) < 4.78 is 2.59. The van der Waals surface area contributed by atoms with Gasteiger partial charge in [0.2, 0.25) is 5.95 Å². The van der Waals surface area contributed by atoms with Crippen LogP contribution in [0.2, 0.25) is 0 Å². The Balaban J connectivity index is 1.36. The number of allylic oxidation sites excluding steroid dienone is 5. The Morgan fingerprint density at radius 2 is 1.40 bits per heavy atom. The molecule has 5 aromatic carbocycles. The van der Waals surface area contributed by atoms with Crippen LogP contribution < -0.4 is 4.90 Å². The fraction of sp³-hybridized carbons (Fsp3) is 0.0930. The lowest BCUT2D eigenvalue weighted by atomic mass is 9.89. The maximum Gasteiger partial charge on any atom is 0.238 e.